The van der Waals surface area contributed by atoms with Crippen LogP contribution in [-0.4, -0.2) is 41.2 Å². The fraction of sp³-hybridized carbons (Fsp3) is 0.350. The van der Waals surface area contributed by atoms with Crippen molar-refractivity contribution >= 4 is 37.5 Å². The normalized spacial score (nSPS) is 11.3. The predicted molar refractivity (Wildman–Crippen MR) is 116 cm³/mol. The van der Waals surface area contributed by atoms with Crippen molar-refractivity contribution in [3.05, 3.63) is 52.0 Å². The fourth-order valence-corrected chi connectivity index (χ4v) is 4.30. The SMILES string of the molecule is CCc1cc(Br)cc(C)c1NC(=O)COc1ccc(S(=O)(=O)NCCOC)cc1. The second kappa shape index (κ2) is 10.7. The quantitative estimate of drug-likeness (QED) is 0.504. The third kappa shape index (κ3) is 6.81. The first-order chi connectivity index (χ1) is 13.8. The number of halogens is 1. The van der Waals surface area contributed by atoms with Gasteiger partial charge in [-0.05, 0) is 60.9 Å². The van der Waals surface area contributed by atoms with E-state index in [1.165, 1.54) is 31.4 Å². The summed E-state index contributed by atoms with van der Waals surface area (Å²) in [7, 11) is -2.11. The minimum atomic E-state index is -3.61. The van der Waals surface area contributed by atoms with E-state index in [4.69, 9.17) is 9.47 Å². The summed E-state index contributed by atoms with van der Waals surface area (Å²) in [5.41, 5.74) is 2.77. The Morgan fingerprint density at radius 3 is 2.48 bits per heavy atom. The van der Waals surface area contributed by atoms with Crippen molar-refractivity contribution < 1.29 is 22.7 Å². The van der Waals surface area contributed by atoms with E-state index < -0.39 is 10.0 Å². The van der Waals surface area contributed by atoms with Crippen LogP contribution in [0.2, 0.25) is 0 Å². The molecule has 0 unspecified atom stereocenters. The molecule has 1 amide bonds. The van der Waals surface area contributed by atoms with Gasteiger partial charge >= 0.3 is 0 Å². The summed E-state index contributed by atoms with van der Waals surface area (Å²) in [6.07, 6.45) is 0.783. The number of methoxy groups -OCH3 is 1. The molecule has 2 aromatic carbocycles. The number of hydrogen-bond donors (Lipinski definition) is 2. The maximum atomic E-state index is 12.3. The number of nitrogens with one attached hydrogen (secondary N) is 2. The highest BCUT2D eigenvalue weighted by Crippen LogP contribution is 2.26. The number of carbonyl (C=O) groups excluding carboxylic acids is 1. The molecular formula is C20H25BrN2O5S. The fourth-order valence-electron chi connectivity index (χ4n) is 2.67. The summed E-state index contributed by atoms with van der Waals surface area (Å²) in [5, 5.41) is 2.89. The lowest BCUT2D eigenvalue weighted by molar-refractivity contribution is -0.118. The van der Waals surface area contributed by atoms with Crippen molar-refractivity contribution in [1.29, 1.82) is 0 Å². The summed E-state index contributed by atoms with van der Waals surface area (Å²) in [5.74, 6) is 0.113. The molecule has 0 radical (unpaired) electrons. The Balaban J connectivity index is 1.96. The van der Waals surface area contributed by atoms with Crippen molar-refractivity contribution in [2.24, 2.45) is 0 Å². The zero-order valence-corrected chi connectivity index (χ0v) is 19.0. The maximum absolute atomic E-state index is 12.3. The van der Waals surface area contributed by atoms with Crippen LogP contribution < -0.4 is 14.8 Å². The molecule has 158 valence electrons. The van der Waals surface area contributed by atoms with Gasteiger partial charge in [-0.3, -0.25) is 4.79 Å². The summed E-state index contributed by atoms with van der Waals surface area (Å²) < 4.78 is 38.0. The summed E-state index contributed by atoms with van der Waals surface area (Å²) in [6, 6.07) is 9.80. The van der Waals surface area contributed by atoms with Crippen molar-refractivity contribution in [1.82, 2.24) is 4.72 Å². The number of hydrogen-bond acceptors (Lipinski definition) is 5. The molecule has 2 N–H and O–H groups in total. The van der Waals surface area contributed by atoms with Crippen molar-refractivity contribution in [2.75, 3.05) is 32.2 Å². The van der Waals surface area contributed by atoms with E-state index in [-0.39, 0.29) is 30.6 Å². The average molecular weight is 485 g/mol. The number of sulfonamides is 1. The molecule has 2 rings (SSSR count). The maximum Gasteiger partial charge on any atom is 0.262 e. The molecule has 0 aliphatic carbocycles. The van der Waals surface area contributed by atoms with E-state index in [1.807, 2.05) is 26.0 Å². The number of aryl methyl sites for hydroxylation is 2. The van der Waals surface area contributed by atoms with Gasteiger partial charge in [0.15, 0.2) is 6.61 Å². The third-order valence-electron chi connectivity index (χ3n) is 4.13. The topological polar surface area (TPSA) is 93.7 Å². The van der Waals surface area contributed by atoms with Gasteiger partial charge in [0, 0.05) is 23.8 Å². The number of amides is 1. The number of anilines is 1. The van der Waals surface area contributed by atoms with Crippen molar-refractivity contribution in [3.63, 3.8) is 0 Å². The van der Waals surface area contributed by atoms with Gasteiger partial charge in [0.25, 0.3) is 5.91 Å². The Kier molecular flexibility index (Phi) is 8.63. The molecule has 0 saturated heterocycles. The monoisotopic (exact) mass is 484 g/mol. The van der Waals surface area contributed by atoms with E-state index in [2.05, 4.69) is 26.0 Å². The van der Waals surface area contributed by atoms with E-state index in [9.17, 15) is 13.2 Å². The largest absolute Gasteiger partial charge is 0.484 e. The molecule has 0 aromatic heterocycles. The van der Waals surface area contributed by atoms with E-state index >= 15 is 0 Å². The van der Waals surface area contributed by atoms with Gasteiger partial charge in [0.2, 0.25) is 10.0 Å². The summed E-state index contributed by atoms with van der Waals surface area (Å²) >= 11 is 3.46. The van der Waals surface area contributed by atoms with Crippen LogP contribution in [0.1, 0.15) is 18.1 Å². The molecule has 9 heteroatoms. The molecule has 29 heavy (non-hydrogen) atoms. The zero-order chi connectivity index (χ0) is 21.4. The number of carbonyl (C=O) groups is 1. The van der Waals surface area contributed by atoms with Crippen LogP contribution in [0.25, 0.3) is 0 Å². The number of benzene rings is 2. The summed E-state index contributed by atoms with van der Waals surface area (Å²) in [4.78, 5) is 12.4. The minimum absolute atomic E-state index is 0.114. The van der Waals surface area contributed by atoms with Crippen molar-refractivity contribution in [3.8, 4) is 5.75 Å². The van der Waals surface area contributed by atoms with Gasteiger partial charge in [-0.15, -0.1) is 0 Å². The standard InChI is InChI=1S/C20H25BrN2O5S/c1-4-15-12-16(21)11-14(2)20(15)23-19(24)13-28-17-5-7-18(8-6-17)29(25,26)22-9-10-27-3/h5-8,11-12,22H,4,9-10,13H2,1-3H3,(H,23,24). The van der Waals surface area contributed by atoms with Crippen molar-refractivity contribution in [2.45, 2.75) is 25.2 Å². The Hall–Kier alpha value is -1.94. The molecular weight excluding hydrogens is 460 g/mol. The van der Waals surface area contributed by atoms with Crippen LogP contribution >= 0.6 is 15.9 Å². The molecule has 0 saturated carbocycles. The van der Waals surface area contributed by atoms with E-state index in [1.54, 1.807) is 0 Å². The first-order valence-corrected chi connectivity index (χ1v) is 11.3. The van der Waals surface area contributed by atoms with Gasteiger partial charge in [-0.1, -0.05) is 22.9 Å². The van der Waals surface area contributed by atoms with Gasteiger partial charge < -0.3 is 14.8 Å². The van der Waals surface area contributed by atoms with E-state index in [0.29, 0.717) is 5.75 Å². The van der Waals surface area contributed by atoms with Crippen LogP contribution in [0.3, 0.4) is 0 Å². The molecule has 2 aromatic rings. The third-order valence-corrected chi connectivity index (χ3v) is 6.06. The van der Waals surface area contributed by atoms with Crippen LogP contribution in [-0.2, 0) is 26.0 Å². The van der Waals surface area contributed by atoms with Gasteiger partial charge in [0.1, 0.15) is 5.75 Å². The summed E-state index contributed by atoms with van der Waals surface area (Å²) in [6.45, 7) is 4.24. The lowest BCUT2D eigenvalue weighted by Crippen LogP contribution is -2.27. The predicted octanol–water partition coefficient (Wildman–Crippen LogP) is 3.26. The lowest BCUT2D eigenvalue weighted by Gasteiger charge is -2.14. The second-order valence-corrected chi connectivity index (χ2v) is 8.99. The molecule has 0 aliphatic heterocycles. The molecule has 0 heterocycles. The Labute approximate surface area is 180 Å². The molecule has 0 fully saturated rings. The van der Waals surface area contributed by atoms with Crippen LogP contribution in [0, 0.1) is 6.92 Å². The molecule has 0 spiro atoms. The molecule has 0 aliphatic rings. The Bertz CT molecular complexity index is 946. The van der Waals surface area contributed by atoms with Gasteiger partial charge in [0.05, 0.1) is 11.5 Å². The van der Waals surface area contributed by atoms with E-state index in [0.717, 1.165) is 27.7 Å². The lowest BCUT2D eigenvalue weighted by atomic mass is 10.1. The highest BCUT2D eigenvalue weighted by molar-refractivity contribution is 9.10. The number of rotatable bonds is 10. The first kappa shape index (κ1) is 23.3. The Morgan fingerprint density at radius 2 is 1.86 bits per heavy atom. The van der Waals surface area contributed by atoms with Crippen LogP contribution in [0.5, 0.6) is 5.75 Å². The minimum Gasteiger partial charge on any atom is -0.484 e. The zero-order valence-electron chi connectivity index (χ0n) is 16.6. The number of ether oxygens (including phenoxy) is 2. The smallest absolute Gasteiger partial charge is 0.262 e. The van der Waals surface area contributed by atoms with Gasteiger partial charge in [-0.25, -0.2) is 13.1 Å². The van der Waals surface area contributed by atoms with Crippen LogP contribution in [0.4, 0.5) is 5.69 Å². The highest BCUT2D eigenvalue weighted by atomic mass is 79.9. The molecule has 7 nitrogen and oxygen atoms in total. The molecule has 0 atom stereocenters. The van der Waals surface area contributed by atoms with Gasteiger partial charge in [-0.2, -0.15) is 0 Å². The molecule has 0 bridgehead atoms. The average Bonchev–Trinajstić information content (AvgIpc) is 2.68. The second-order valence-electron chi connectivity index (χ2n) is 6.31. The Morgan fingerprint density at radius 1 is 1.17 bits per heavy atom. The first-order valence-electron chi connectivity index (χ1n) is 9.07. The highest BCUT2D eigenvalue weighted by Gasteiger charge is 2.14. The van der Waals surface area contributed by atoms with Crippen LogP contribution in [0.15, 0.2) is 45.8 Å².